The molecule has 0 aliphatic carbocycles. The van der Waals surface area contributed by atoms with E-state index in [4.69, 9.17) is 11.2 Å². The molecule has 134 valence electrons. The van der Waals surface area contributed by atoms with E-state index in [2.05, 4.69) is 15.8 Å². The maximum atomic E-state index is 12.6. The van der Waals surface area contributed by atoms with Gasteiger partial charge in [0, 0.05) is 50.9 Å². The molecular formula is C21H23N3O2. The van der Waals surface area contributed by atoms with E-state index in [1.807, 2.05) is 47.4 Å². The van der Waals surface area contributed by atoms with E-state index < -0.39 is 0 Å². The fourth-order valence-electron chi connectivity index (χ4n) is 2.91. The largest absolute Gasteiger partial charge is 0.487 e. The molecule has 1 amide bonds. The Kier molecular flexibility index (Phi) is 6.24. The van der Waals surface area contributed by atoms with Crippen LogP contribution in [0, 0.1) is 12.3 Å². The van der Waals surface area contributed by atoms with E-state index in [1.54, 1.807) is 6.20 Å². The highest BCUT2D eigenvalue weighted by Gasteiger charge is 2.21. The Labute approximate surface area is 154 Å². The van der Waals surface area contributed by atoms with E-state index in [0.29, 0.717) is 12.2 Å². The summed E-state index contributed by atoms with van der Waals surface area (Å²) in [5.74, 6) is 3.46. The Hall–Kier alpha value is -2.84. The van der Waals surface area contributed by atoms with Gasteiger partial charge in [0.15, 0.2) is 0 Å². The van der Waals surface area contributed by atoms with Gasteiger partial charge in [-0.3, -0.25) is 14.7 Å². The topological polar surface area (TPSA) is 45.7 Å². The van der Waals surface area contributed by atoms with Crippen LogP contribution >= 0.6 is 0 Å². The number of piperazine rings is 1. The second-order valence-electron chi connectivity index (χ2n) is 6.22. The first-order valence-electron chi connectivity index (χ1n) is 8.84. The van der Waals surface area contributed by atoms with Crippen LogP contribution in [0.25, 0.3) is 0 Å². The molecule has 2 aromatic rings. The lowest BCUT2D eigenvalue weighted by atomic mass is 10.1. The summed E-state index contributed by atoms with van der Waals surface area (Å²) in [7, 11) is 0. The van der Waals surface area contributed by atoms with Crippen LogP contribution in [-0.2, 0) is 6.61 Å². The number of rotatable bonds is 6. The molecule has 1 aromatic carbocycles. The molecule has 0 saturated carbocycles. The van der Waals surface area contributed by atoms with Crippen LogP contribution in [0.3, 0.4) is 0 Å². The van der Waals surface area contributed by atoms with Gasteiger partial charge in [0.05, 0.1) is 5.69 Å². The zero-order valence-corrected chi connectivity index (χ0v) is 14.8. The predicted octanol–water partition coefficient (Wildman–Crippen LogP) is 2.44. The van der Waals surface area contributed by atoms with Crippen molar-refractivity contribution in [1.29, 1.82) is 0 Å². The number of amides is 1. The zero-order chi connectivity index (χ0) is 18.2. The summed E-state index contributed by atoms with van der Waals surface area (Å²) in [6.07, 6.45) is 7.81. The predicted molar refractivity (Wildman–Crippen MR) is 101 cm³/mol. The molecular weight excluding hydrogens is 326 g/mol. The van der Waals surface area contributed by atoms with Gasteiger partial charge < -0.3 is 9.64 Å². The molecule has 5 heteroatoms. The molecule has 5 nitrogen and oxygen atoms in total. The summed E-state index contributed by atoms with van der Waals surface area (Å²) < 4.78 is 5.71. The van der Waals surface area contributed by atoms with Gasteiger partial charge in [-0.1, -0.05) is 6.07 Å². The first-order valence-corrected chi connectivity index (χ1v) is 8.84. The Morgan fingerprint density at radius 2 is 1.88 bits per heavy atom. The Morgan fingerprint density at radius 1 is 1.12 bits per heavy atom. The van der Waals surface area contributed by atoms with Gasteiger partial charge in [-0.25, -0.2) is 0 Å². The minimum atomic E-state index is 0.0675. The molecule has 0 spiro atoms. The fourth-order valence-corrected chi connectivity index (χ4v) is 2.91. The second kappa shape index (κ2) is 9.02. The van der Waals surface area contributed by atoms with E-state index in [0.717, 1.165) is 50.6 Å². The van der Waals surface area contributed by atoms with Crippen molar-refractivity contribution < 1.29 is 9.53 Å². The van der Waals surface area contributed by atoms with E-state index >= 15 is 0 Å². The van der Waals surface area contributed by atoms with Crippen molar-refractivity contribution in [3.05, 3.63) is 59.9 Å². The van der Waals surface area contributed by atoms with Gasteiger partial charge in [-0.2, -0.15) is 0 Å². The number of nitrogens with zero attached hydrogens (tertiary/aromatic N) is 3. The lowest BCUT2D eigenvalue weighted by Crippen LogP contribution is -2.48. The third-order valence-corrected chi connectivity index (χ3v) is 4.45. The lowest BCUT2D eigenvalue weighted by molar-refractivity contribution is 0.0640. The maximum Gasteiger partial charge on any atom is 0.253 e. The van der Waals surface area contributed by atoms with Crippen molar-refractivity contribution in [2.45, 2.75) is 13.0 Å². The smallest absolute Gasteiger partial charge is 0.253 e. The number of hydrogen-bond donors (Lipinski definition) is 0. The number of terminal acetylenes is 1. The molecule has 1 aliphatic heterocycles. The highest BCUT2D eigenvalue weighted by molar-refractivity contribution is 5.94. The number of ether oxygens (including phenoxy) is 1. The van der Waals surface area contributed by atoms with Crippen molar-refractivity contribution in [1.82, 2.24) is 14.8 Å². The first kappa shape index (κ1) is 18.0. The molecule has 3 rings (SSSR count). The molecule has 1 fully saturated rings. The molecule has 0 unspecified atom stereocenters. The van der Waals surface area contributed by atoms with Crippen LogP contribution in [0.1, 0.15) is 22.5 Å². The number of pyridine rings is 1. The quantitative estimate of drug-likeness (QED) is 0.752. The van der Waals surface area contributed by atoms with Crippen LogP contribution < -0.4 is 4.74 Å². The second-order valence-corrected chi connectivity index (χ2v) is 6.22. The number of carbonyl (C=O) groups is 1. The number of benzene rings is 1. The minimum absolute atomic E-state index is 0.0675. The van der Waals surface area contributed by atoms with Gasteiger partial charge in [0.2, 0.25) is 0 Å². The standard InChI is InChI=1S/C21H23N3O2/c1-2-3-12-23-13-15-24(16-14-23)21(25)18-7-9-20(10-8-18)26-17-19-6-4-5-11-22-19/h1,4-11H,3,12-17H2. The Bertz CT molecular complexity index is 745. The van der Waals surface area contributed by atoms with Gasteiger partial charge >= 0.3 is 0 Å². The molecule has 0 atom stereocenters. The fraction of sp³-hybridized carbons (Fsp3) is 0.333. The highest BCUT2D eigenvalue weighted by Crippen LogP contribution is 2.16. The zero-order valence-electron chi connectivity index (χ0n) is 14.8. The molecule has 0 radical (unpaired) electrons. The van der Waals surface area contributed by atoms with E-state index in [-0.39, 0.29) is 5.91 Å². The first-order chi connectivity index (χ1) is 12.8. The van der Waals surface area contributed by atoms with E-state index in [1.165, 1.54) is 0 Å². The van der Waals surface area contributed by atoms with Crippen LogP contribution in [-0.4, -0.2) is 53.4 Å². The summed E-state index contributed by atoms with van der Waals surface area (Å²) in [4.78, 5) is 21.1. The third kappa shape index (κ3) is 4.84. The highest BCUT2D eigenvalue weighted by atomic mass is 16.5. The molecule has 1 aromatic heterocycles. The number of aromatic nitrogens is 1. The third-order valence-electron chi connectivity index (χ3n) is 4.45. The van der Waals surface area contributed by atoms with Crippen LogP contribution in [0.5, 0.6) is 5.75 Å². The number of carbonyl (C=O) groups excluding carboxylic acids is 1. The monoisotopic (exact) mass is 349 g/mol. The lowest BCUT2D eigenvalue weighted by Gasteiger charge is -2.34. The van der Waals surface area contributed by atoms with Crippen molar-refractivity contribution in [3.8, 4) is 18.1 Å². The summed E-state index contributed by atoms with van der Waals surface area (Å²) >= 11 is 0. The summed E-state index contributed by atoms with van der Waals surface area (Å²) in [6.45, 7) is 4.54. The average Bonchev–Trinajstić information content (AvgIpc) is 2.72. The van der Waals surface area contributed by atoms with Crippen molar-refractivity contribution in [2.24, 2.45) is 0 Å². The summed E-state index contributed by atoms with van der Waals surface area (Å²) in [6, 6.07) is 13.0. The van der Waals surface area contributed by atoms with Crippen LogP contribution in [0.15, 0.2) is 48.7 Å². The average molecular weight is 349 g/mol. The van der Waals surface area contributed by atoms with E-state index in [9.17, 15) is 4.79 Å². The SMILES string of the molecule is C#CCCN1CCN(C(=O)c2ccc(OCc3ccccn3)cc2)CC1. The maximum absolute atomic E-state index is 12.6. The Morgan fingerprint density at radius 3 is 2.54 bits per heavy atom. The van der Waals surface area contributed by atoms with Crippen LogP contribution in [0.4, 0.5) is 0 Å². The molecule has 26 heavy (non-hydrogen) atoms. The summed E-state index contributed by atoms with van der Waals surface area (Å²) in [5, 5.41) is 0. The minimum Gasteiger partial charge on any atom is -0.487 e. The molecule has 2 heterocycles. The number of hydrogen-bond acceptors (Lipinski definition) is 4. The van der Waals surface area contributed by atoms with Crippen molar-refractivity contribution >= 4 is 5.91 Å². The van der Waals surface area contributed by atoms with Crippen LogP contribution in [0.2, 0.25) is 0 Å². The van der Waals surface area contributed by atoms with Gasteiger partial charge in [-0.15, -0.1) is 12.3 Å². The van der Waals surface area contributed by atoms with Gasteiger partial charge in [0.25, 0.3) is 5.91 Å². The summed E-state index contributed by atoms with van der Waals surface area (Å²) in [5.41, 5.74) is 1.56. The van der Waals surface area contributed by atoms with Gasteiger partial charge in [0.1, 0.15) is 12.4 Å². The molecule has 0 bridgehead atoms. The molecule has 0 N–H and O–H groups in total. The van der Waals surface area contributed by atoms with Gasteiger partial charge in [-0.05, 0) is 36.4 Å². The molecule has 1 saturated heterocycles. The normalized spacial score (nSPS) is 14.7. The van der Waals surface area contributed by atoms with Crippen molar-refractivity contribution in [2.75, 3.05) is 32.7 Å². The molecule has 1 aliphatic rings. The Balaban J connectivity index is 1.50. The van der Waals surface area contributed by atoms with Crippen molar-refractivity contribution in [3.63, 3.8) is 0 Å².